The Hall–Kier alpha value is -3.29. The SMILES string of the molecule is Cc1ncc(C(=O)Nc2cccc(-c3n[nH]c(=O)[nH]3)c2)c(C)n1. The first-order valence-corrected chi connectivity index (χ1v) is 6.89. The molecule has 2 heterocycles. The third-order valence-electron chi connectivity index (χ3n) is 3.24. The lowest BCUT2D eigenvalue weighted by atomic mass is 10.1. The molecular formula is C15H14N6O2. The molecule has 8 nitrogen and oxygen atoms in total. The van der Waals surface area contributed by atoms with Crippen LogP contribution >= 0.6 is 0 Å². The van der Waals surface area contributed by atoms with E-state index in [1.165, 1.54) is 6.20 Å². The Morgan fingerprint density at radius 1 is 1.26 bits per heavy atom. The number of benzene rings is 1. The van der Waals surface area contributed by atoms with Gasteiger partial charge in [-0.2, -0.15) is 5.10 Å². The van der Waals surface area contributed by atoms with E-state index in [0.717, 1.165) is 0 Å². The maximum absolute atomic E-state index is 12.3. The number of carbonyl (C=O) groups is 1. The molecule has 0 aliphatic carbocycles. The smallest absolute Gasteiger partial charge is 0.322 e. The second-order valence-electron chi connectivity index (χ2n) is 4.98. The van der Waals surface area contributed by atoms with Crippen molar-refractivity contribution in [2.75, 3.05) is 5.32 Å². The lowest BCUT2D eigenvalue weighted by Crippen LogP contribution is -2.15. The van der Waals surface area contributed by atoms with Gasteiger partial charge in [0, 0.05) is 17.4 Å². The minimum atomic E-state index is -0.387. The minimum Gasteiger partial charge on any atom is -0.322 e. The van der Waals surface area contributed by atoms with E-state index in [0.29, 0.717) is 34.2 Å². The lowest BCUT2D eigenvalue weighted by molar-refractivity contribution is 0.102. The molecule has 8 heteroatoms. The average Bonchev–Trinajstić information content (AvgIpc) is 2.94. The van der Waals surface area contributed by atoms with Gasteiger partial charge in [0.2, 0.25) is 0 Å². The Bertz CT molecular complexity index is 927. The van der Waals surface area contributed by atoms with Crippen molar-refractivity contribution in [2.24, 2.45) is 0 Å². The summed E-state index contributed by atoms with van der Waals surface area (Å²) in [6.07, 6.45) is 1.50. The number of nitrogens with one attached hydrogen (secondary N) is 3. The largest absolute Gasteiger partial charge is 0.340 e. The Kier molecular flexibility index (Phi) is 3.71. The van der Waals surface area contributed by atoms with Gasteiger partial charge in [-0.3, -0.25) is 9.78 Å². The van der Waals surface area contributed by atoms with Crippen molar-refractivity contribution in [2.45, 2.75) is 13.8 Å². The molecule has 0 aliphatic heterocycles. The Labute approximate surface area is 131 Å². The molecule has 0 fully saturated rings. The van der Waals surface area contributed by atoms with E-state index in [4.69, 9.17) is 0 Å². The summed E-state index contributed by atoms with van der Waals surface area (Å²) in [4.78, 5) is 34.2. The number of nitrogens with zero attached hydrogens (tertiary/aromatic N) is 3. The van der Waals surface area contributed by atoms with Crippen LogP contribution in [0.4, 0.5) is 5.69 Å². The van der Waals surface area contributed by atoms with Crippen molar-refractivity contribution in [3.05, 3.63) is 58.0 Å². The Morgan fingerprint density at radius 2 is 2.09 bits per heavy atom. The summed E-state index contributed by atoms with van der Waals surface area (Å²) in [7, 11) is 0. The van der Waals surface area contributed by atoms with Gasteiger partial charge in [-0.1, -0.05) is 12.1 Å². The van der Waals surface area contributed by atoms with Gasteiger partial charge in [0.05, 0.1) is 11.3 Å². The molecular weight excluding hydrogens is 296 g/mol. The molecule has 2 aromatic heterocycles. The van der Waals surface area contributed by atoms with Crippen LogP contribution in [-0.4, -0.2) is 31.1 Å². The molecule has 116 valence electrons. The molecule has 1 amide bonds. The number of aromatic amines is 2. The minimum absolute atomic E-state index is 0.296. The molecule has 0 atom stereocenters. The molecule has 3 aromatic rings. The van der Waals surface area contributed by atoms with Crippen molar-refractivity contribution in [3.63, 3.8) is 0 Å². The number of hydrogen-bond acceptors (Lipinski definition) is 5. The predicted octanol–water partition coefficient (Wildman–Crippen LogP) is 1.42. The first-order chi connectivity index (χ1) is 11.0. The van der Waals surface area contributed by atoms with Gasteiger partial charge in [0.25, 0.3) is 5.91 Å². The van der Waals surface area contributed by atoms with E-state index >= 15 is 0 Å². The van der Waals surface area contributed by atoms with Crippen LogP contribution in [0.25, 0.3) is 11.4 Å². The van der Waals surface area contributed by atoms with Gasteiger partial charge in [0.15, 0.2) is 5.82 Å². The number of aromatic nitrogens is 5. The molecule has 3 rings (SSSR count). The number of aryl methyl sites for hydroxylation is 2. The van der Waals surface area contributed by atoms with Crippen LogP contribution in [0.5, 0.6) is 0 Å². The van der Waals surface area contributed by atoms with Crippen molar-refractivity contribution in [1.29, 1.82) is 0 Å². The van der Waals surface area contributed by atoms with Crippen molar-refractivity contribution in [1.82, 2.24) is 25.1 Å². The zero-order valence-electron chi connectivity index (χ0n) is 12.5. The van der Waals surface area contributed by atoms with E-state index in [-0.39, 0.29) is 11.6 Å². The maximum atomic E-state index is 12.3. The highest BCUT2D eigenvalue weighted by Gasteiger charge is 2.12. The number of rotatable bonds is 3. The van der Waals surface area contributed by atoms with E-state index in [2.05, 4.69) is 30.5 Å². The second-order valence-corrected chi connectivity index (χ2v) is 4.98. The summed E-state index contributed by atoms with van der Waals surface area (Å²) < 4.78 is 0. The molecule has 1 aromatic carbocycles. The summed E-state index contributed by atoms with van der Waals surface area (Å²) >= 11 is 0. The molecule has 0 spiro atoms. The van der Waals surface area contributed by atoms with E-state index in [1.54, 1.807) is 38.1 Å². The molecule has 23 heavy (non-hydrogen) atoms. The van der Waals surface area contributed by atoms with E-state index in [9.17, 15) is 9.59 Å². The van der Waals surface area contributed by atoms with Gasteiger partial charge < -0.3 is 5.32 Å². The van der Waals surface area contributed by atoms with Gasteiger partial charge in [0.1, 0.15) is 5.82 Å². The van der Waals surface area contributed by atoms with Crippen LogP contribution in [0.1, 0.15) is 21.9 Å². The zero-order valence-corrected chi connectivity index (χ0v) is 12.5. The van der Waals surface area contributed by atoms with Gasteiger partial charge >= 0.3 is 5.69 Å². The normalized spacial score (nSPS) is 10.5. The van der Waals surface area contributed by atoms with E-state index < -0.39 is 0 Å². The second kappa shape index (κ2) is 5.84. The van der Waals surface area contributed by atoms with Crippen LogP contribution in [0.2, 0.25) is 0 Å². The van der Waals surface area contributed by atoms with Crippen molar-refractivity contribution < 1.29 is 4.79 Å². The number of anilines is 1. The number of hydrogen-bond donors (Lipinski definition) is 3. The summed E-state index contributed by atoms with van der Waals surface area (Å²) in [6, 6.07) is 7.00. The van der Waals surface area contributed by atoms with Crippen LogP contribution in [-0.2, 0) is 0 Å². The molecule has 0 unspecified atom stereocenters. The highest BCUT2D eigenvalue weighted by Crippen LogP contribution is 2.19. The zero-order chi connectivity index (χ0) is 16.4. The standard InChI is InChI=1S/C15H14N6O2/c1-8-12(7-16-9(2)17-8)14(22)18-11-5-3-4-10(6-11)13-19-15(23)21-20-13/h3-7H,1-2H3,(H,18,22)(H2,19,20,21,23). The molecule has 0 radical (unpaired) electrons. The number of H-pyrrole nitrogens is 2. The van der Waals surface area contributed by atoms with Gasteiger partial charge in [-0.05, 0) is 26.0 Å². The quantitative estimate of drug-likeness (QED) is 0.676. The van der Waals surface area contributed by atoms with E-state index in [1.807, 2.05) is 0 Å². The summed E-state index contributed by atoms with van der Waals surface area (Å²) in [5, 5.41) is 8.95. The number of amides is 1. The van der Waals surface area contributed by atoms with Gasteiger partial charge in [-0.15, -0.1) is 0 Å². The Morgan fingerprint density at radius 3 is 2.78 bits per heavy atom. The average molecular weight is 310 g/mol. The molecule has 0 saturated carbocycles. The maximum Gasteiger partial charge on any atom is 0.340 e. The van der Waals surface area contributed by atoms with Crippen LogP contribution in [0, 0.1) is 13.8 Å². The first kappa shape index (κ1) is 14.6. The van der Waals surface area contributed by atoms with Gasteiger partial charge in [-0.25, -0.2) is 19.9 Å². The van der Waals surface area contributed by atoms with Crippen molar-refractivity contribution in [3.8, 4) is 11.4 Å². The van der Waals surface area contributed by atoms with Crippen LogP contribution in [0.15, 0.2) is 35.3 Å². The fourth-order valence-corrected chi connectivity index (χ4v) is 2.16. The summed E-state index contributed by atoms with van der Waals surface area (Å²) in [5.41, 5.74) is 1.90. The predicted molar refractivity (Wildman–Crippen MR) is 84.1 cm³/mol. The van der Waals surface area contributed by atoms with Crippen LogP contribution < -0.4 is 11.0 Å². The highest BCUT2D eigenvalue weighted by atomic mass is 16.2. The fraction of sp³-hybridized carbons (Fsp3) is 0.133. The molecule has 3 N–H and O–H groups in total. The third kappa shape index (κ3) is 3.15. The molecule has 0 bridgehead atoms. The third-order valence-corrected chi connectivity index (χ3v) is 3.24. The lowest BCUT2D eigenvalue weighted by Gasteiger charge is -2.08. The highest BCUT2D eigenvalue weighted by molar-refractivity contribution is 6.05. The summed E-state index contributed by atoms with van der Waals surface area (Å²) in [6.45, 7) is 3.53. The summed E-state index contributed by atoms with van der Waals surface area (Å²) in [5.74, 6) is 0.722. The monoisotopic (exact) mass is 310 g/mol. The van der Waals surface area contributed by atoms with Crippen molar-refractivity contribution >= 4 is 11.6 Å². The fourth-order valence-electron chi connectivity index (χ4n) is 2.16. The topological polar surface area (TPSA) is 116 Å². The first-order valence-electron chi connectivity index (χ1n) is 6.89. The number of carbonyl (C=O) groups excluding carboxylic acids is 1. The molecule has 0 saturated heterocycles. The molecule has 0 aliphatic rings. The Balaban J connectivity index is 1.85. The van der Waals surface area contributed by atoms with Crippen LogP contribution in [0.3, 0.4) is 0 Å².